The molecule has 0 bridgehead atoms. The minimum atomic E-state index is -1.49. The lowest BCUT2D eigenvalue weighted by molar-refractivity contribution is -0.143. The second kappa shape index (κ2) is 5.09. The maximum absolute atomic E-state index is 13.8. The first-order valence-corrected chi connectivity index (χ1v) is 6.53. The van der Waals surface area contributed by atoms with E-state index < -0.39 is 23.0 Å². The monoisotopic (exact) mass is 282 g/mol. The van der Waals surface area contributed by atoms with E-state index in [2.05, 4.69) is 0 Å². The van der Waals surface area contributed by atoms with Crippen molar-refractivity contribution >= 4 is 17.3 Å². The first-order valence-electron chi connectivity index (χ1n) is 5.65. The molecule has 2 aromatic rings. The molecule has 0 saturated carbocycles. The Morgan fingerprint density at radius 1 is 1.37 bits per heavy atom. The molecule has 2 nitrogen and oxygen atoms in total. The van der Waals surface area contributed by atoms with Crippen molar-refractivity contribution in [3.05, 3.63) is 57.8 Å². The number of hydrogen-bond acceptors (Lipinski definition) is 2. The van der Waals surface area contributed by atoms with Crippen molar-refractivity contribution in [2.24, 2.45) is 0 Å². The number of carboxylic acid groups (broad SMARTS) is 1. The first kappa shape index (κ1) is 13.7. The van der Waals surface area contributed by atoms with Crippen LogP contribution in [0.1, 0.15) is 17.4 Å². The number of thiophene rings is 1. The molecule has 19 heavy (non-hydrogen) atoms. The highest BCUT2D eigenvalue weighted by Crippen LogP contribution is 2.32. The van der Waals surface area contributed by atoms with Crippen LogP contribution in [0.25, 0.3) is 0 Å². The molecule has 1 heterocycles. The Balaban J connectivity index is 2.49. The van der Waals surface area contributed by atoms with Gasteiger partial charge in [0.2, 0.25) is 0 Å². The molecule has 0 aliphatic heterocycles. The van der Waals surface area contributed by atoms with Gasteiger partial charge in [-0.1, -0.05) is 6.07 Å². The summed E-state index contributed by atoms with van der Waals surface area (Å²) in [4.78, 5) is 12.3. The maximum Gasteiger partial charge on any atom is 0.314 e. The van der Waals surface area contributed by atoms with Gasteiger partial charge in [-0.2, -0.15) is 0 Å². The lowest BCUT2D eigenvalue weighted by Crippen LogP contribution is -2.35. The largest absolute Gasteiger partial charge is 0.481 e. The van der Waals surface area contributed by atoms with Gasteiger partial charge in [0.05, 0.1) is 5.41 Å². The van der Waals surface area contributed by atoms with Crippen molar-refractivity contribution in [2.45, 2.75) is 18.8 Å². The molecule has 0 amide bonds. The van der Waals surface area contributed by atoms with E-state index in [0.29, 0.717) is 0 Å². The van der Waals surface area contributed by atoms with Crippen LogP contribution < -0.4 is 0 Å². The van der Waals surface area contributed by atoms with Crippen molar-refractivity contribution in [2.75, 3.05) is 0 Å². The fraction of sp³-hybridized carbons (Fsp3) is 0.214. The van der Waals surface area contributed by atoms with E-state index in [4.69, 9.17) is 0 Å². The molecule has 2 rings (SSSR count). The fourth-order valence-electron chi connectivity index (χ4n) is 1.97. The second-order valence-corrected chi connectivity index (χ2v) is 5.55. The van der Waals surface area contributed by atoms with E-state index >= 15 is 0 Å². The summed E-state index contributed by atoms with van der Waals surface area (Å²) in [5.74, 6) is -2.52. The lowest BCUT2D eigenvalue weighted by Gasteiger charge is -2.25. The minimum absolute atomic E-state index is 0.125. The SMILES string of the molecule is CC(Cc1cccs1)(C(=O)O)c1cc(F)ccc1F. The number of aliphatic carboxylic acids is 1. The molecule has 0 fully saturated rings. The van der Waals surface area contributed by atoms with Crippen LogP contribution in [0.3, 0.4) is 0 Å². The highest BCUT2D eigenvalue weighted by Gasteiger charge is 2.38. The summed E-state index contributed by atoms with van der Waals surface area (Å²) >= 11 is 1.39. The van der Waals surface area contributed by atoms with Gasteiger partial charge in [-0.15, -0.1) is 11.3 Å². The molecular formula is C14H12F2O2S. The standard InChI is InChI=1S/C14H12F2O2S/c1-14(13(17)18,8-10-3-2-6-19-10)11-7-9(15)4-5-12(11)16/h2-7H,8H2,1H3,(H,17,18). The number of carbonyl (C=O) groups is 1. The molecule has 1 aromatic carbocycles. The van der Waals surface area contributed by atoms with Crippen molar-refractivity contribution < 1.29 is 18.7 Å². The third kappa shape index (κ3) is 2.66. The van der Waals surface area contributed by atoms with Gasteiger partial charge in [0.1, 0.15) is 11.6 Å². The van der Waals surface area contributed by atoms with Crippen LogP contribution in [0.2, 0.25) is 0 Å². The van der Waals surface area contributed by atoms with E-state index in [1.165, 1.54) is 18.3 Å². The first-order chi connectivity index (χ1) is 8.93. The van der Waals surface area contributed by atoms with Crippen LogP contribution in [-0.2, 0) is 16.6 Å². The highest BCUT2D eigenvalue weighted by molar-refractivity contribution is 7.09. The summed E-state index contributed by atoms with van der Waals surface area (Å²) in [5.41, 5.74) is -1.62. The summed E-state index contributed by atoms with van der Waals surface area (Å²) in [6.07, 6.45) is 0.125. The van der Waals surface area contributed by atoms with E-state index in [9.17, 15) is 18.7 Å². The van der Waals surface area contributed by atoms with E-state index in [1.807, 2.05) is 5.38 Å². The zero-order valence-corrected chi connectivity index (χ0v) is 11.0. The predicted octanol–water partition coefficient (Wildman–Crippen LogP) is 3.61. The van der Waals surface area contributed by atoms with E-state index in [-0.39, 0.29) is 12.0 Å². The Morgan fingerprint density at radius 2 is 2.11 bits per heavy atom. The van der Waals surface area contributed by atoms with Crippen LogP contribution in [0.4, 0.5) is 8.78 Å². The van der Waals surface area contributed by atoms with Gasteiger partial charge in [-0.3, -0.25) is 4.79 Å². The third-order valence-corrected chi connectivity index (χ3v) is 3.98. The Bertz CT molecular complexity index is 595. The minimum Gasteiger partial charge on any atom is -0.481 e. The zero-order valence-electron chi connectivity index (χ0n) is 10.2. The van der Waals surface area contributed by atoms with Crippen LogP contribution in [0, 0.1) is 11.6 Å². The van der Waals surface area contributed by atoms with Crippen LogP contribution >= 0.6 is 11.3 Å². The number of rotatable bonds is 4. The van der Waals surface area contributed by atoms with E-state index in [0.717, 1.165) is 23.1 Å². The van der Waals surface area contributed by atoms with Crippen molar-refractivity contribution in [1.82, 2.24) is 0 Å². The van der Waals surface area contributed by atoms with Crippen LogP contribution in [0.5, 0.6) is 0 Å². The molecule has 0 aliphatic rings. The molecule has 0 spiro atoms. The highest BCUT2D eigenvalue weighted by atomic mass is 32.1. The summed E-state index contributed by atoms with van der Waals surface area (Å²) in [6, 6.07) is 6.47. The van der Waals surface area contributed by atoms with Gasteiger partial charge < -0.3 is 5.11 Å². The quantitative estimate of drug-likeness (QED) is 0.930. The molecule has 1 atom stereocenters. The molecular weight excluding hydrogens is 270 g/mol. The Hall–Kier alpha value is -1.75. The molecule has 1 N–H and O–H groups in total. The predicted molar refractivity (Wildman–Crippen MR) is 69.4 cm³/mol. The molecule has 5 heteroatoms. The normalized spacial score (nSPS) is 14.1. The molecule has 0 aliphatic carbocycles. The average molecular weight is 282 g/mol. The van der Waals surface area contributed by atoms with Gasteiger partial charge in [-0.25, -0.2) is 8.78 Å². The fourth-order valence-corrected chi connectivity index (χ4v) is 2.83. The average Bonchev–Trinajstić information content (AvgIpc) is 2.84. The summed E-state index contributed by atoms with van der Waals surface area (Å²) < 4.78 is 27.1. The molecule has 0 radical (unpaired) electrons. The van der Waals surface area contributed by atoms with Gasteiger partial charge in [0, 0.05) is 16.9 Å². The zero-order chi connectivity index (χ0) is 14.0. The van der Waals surface area contributed by atoms with Crippen LogP contribution in [-0.4, -0.2) is 11.1 Å². The van der Waals surface area contributed by atoms with Gasteiger partial charge in [-0.05, 0) is 36.6 Å². The smallest absolute Gasteiger partial charge is 0.314 e. The summed E-state index contributed by atoms with van der Waals surface area (Å²) in [7, 11) is 0. The van der Waals surface area contributed by atoms with Gasteiger partial charge in [0.15, 0.2) is 0 Å². The number of halogens is 2. The van der Waals surface area contributed by atoms with Gasteiger partial charge in [0.25, 0.3) is 0 Å². The van der Waals surface area contributed by atoms with Crippen LogP contribution in [0.15, 0.2) is 35.7 Å². The summed E-state index contributed by atoms with van der Waals surface area (Å²) in [5, 5.41) is 11.2. The van der Waals surface area contributed by atoms with Crippen molar-refractivity contribution in [3.8, 4) is 0 Å². The van der Waals surface area contributed by atoms with Crippen molar-refractivity contribution in [1.29, 1.82) is 0 Å². The Kier molecular flexibility index (Phi) is 3.66. The topological polar surface area (TPSA) is 37.3 Å². The molecule has 100 valence electrons. The van der Waals surface area contributed by atoms with Gasteiger partial charge >= 0.3 is 5.97 Å². The number of benzene rings is 1. The lowest BCUT2D eigenvalue weighted by atomic mass is 9.78. The number of carboxylic acids is 1. The molecule has 1 unspecified atom stereocenters. The third-order valence-electron chi connectivity index (χ3n) is 3.10. The maximum atomic E-state index is 13.8. The Morgan fingerprint density at radius 3 is 2.68 bits per heavy atom. The second-order valence-electron chi connectivity index (χ2n) is 4.52. The molecule has 1 aromatic heterocycles. The number of hydrogen-bond donors (Lipinski definition) is 1. The molecule has 0 saturated heterocycles. The Labute approximate surface area is 113 Å². The summed E-state index contributed by atoms with van der Waals surface area (Å²) in [6.45, 7) is 1.41. The van der Waals surface area contributed by atoms with Crippen molar-refractivity contribution in [3.63, 3.8) is 0 Å². The van der Waals surface area contributed by atoms with E-state index in [1.54, 1.807) is 12.1 Å².